The molecule has 142 valence electrons. The van der Waals surface area contributed by atoms with Gasteiger partial charge in [0.1, 0.15) is 5.78 Å². The van der Waals surface area contributed by atoms with Gasteiger partial charge in [0, 0.05) is 43.1 Å². The van der Waals surface area contributed by atoms with E-state index in [0.29, 0.717) is 36.1 Å². The summed E-state index contributed by atoms with van der Waals surface area (Å²) in [6.45, 7) is 3.41. The van der Waals surface area contributed by atoms with Crippen LogP contribution in [0.4, 0.5) is 5.69 Å². The highest BCUT2D eigenvalue weighted by Crippen LogP contribution is 2.30. The SMILES string of the molecule is CNc1c(C(=O)NC2CC2)cnc2cc(C)c(C(=O)CCCC(C)=O)cc12. The Hall–Kier alpha value is -2.76. The van der Waals surface area contributed by atoms with Gasteiger partial charge in [0.05, 0.1) is 16.8 Å². The van der Waals surface area contributed by atoms with E-state index in [1.807, 2.05) is 19.1 Å². The number of nitrogens with zero attached hydrogens (tertiary/aromatic N) is 1. The fourth-order valence-electron chi connectivity index (χ4n) is 3.21. The number of hydrogen-bond donors (Lipinski definition) is 2. The summed E-state index contributed by atoms with van der Waals surface area (Å²) in [5, 5.41) is 6.83. The van der Waals surface area contributed by atoms with Crippen LogP contribution in [-0.4, -0.2) is 35.5 Å². The minimum atomic E-state index is -0.147. The molecule has 1 heterocycles. The molecule has 1 aliphatic carbocycles. The van der Waals surface area contributed by atoms with Crippen LogP contribution in [-0.2, 0) is 4.79 Å². The van der Waals surface area contributed by atoms with Crippen molar-refractivity contribution in [2.24, 2.45) is 0 Å². The maximum absolute atomic E-state index is 12.6. The van der Waals surface area contributed by atoms with Crippen LogP contribution in [0.25, 0.3) is 10.9 Å². The van der Waals surface area contributed by atoms with Crippen molar-refractivity contribution in [1.29, 1.82) is 0 Å². The Bertz CT molecular complexity index is 917. The van der Waals surface area contributed by atoms with E-state index in [4.69, 9.17) is 0 Å². The number of ketones is 2. The molecule has 6 heteroatoms. The molecule has 0 bridgehead atoms. The first kappa shape index (κ1) is 19.0. The molecule has 1 amide bonds. The van der Waals surface area contributed by atoms with Gasteiger partial charge in [-0.25, -0.2) is 0 Å². The first-order valence-corrected chi connectivity index (χ1v) is 9.35. The van der Waals surface area contributed by atoms with E-state index in [-0.39, 0.29) is 23.5 Å². The number of pyridine rings is 1. The molecule has 2 aromatic rings. The van der Waals surface area contributed by atoms with E-state index in [9.17, 15) is 14.4 Å². The van der Waals surface area contributed by atoms with E-state index in [2.05, 4.69) is 15.6 Å². The van der Waals surface area contributed by atoms with Crippen LogP contribution in [0.2, 0.25) is 0 Å². The van der Waals surface area contributed by atoms with Gasteiger partial charge < -0.3 is 15.4 Å². The smallest absolute Gasteiger partial charge is 0.255 e. The number of Topliss-reactive ketones (excluding diaryl/α,β-unsaturated/α-hetero) is 2. The highest BCUT2D eigenvalue weighted by molar-refractivity contribution is 6.09. The van der Waals surface area contributed by atoms with Crippen molar-refractivity contribution in [2.75, 3.05) is 12.4 Å². The first-order valence-electron chi connectivity index (χ1n) is 9.35. The predicted molar refractivity (Wildman–Crippen MR) is 105 cm³/mol. The third-order valence-electron chi connectivity index (χ3n) is 4.85. The standard InChI is InChI=1S/C21H25N3O3/c1-12-9-18-16(10-15(12)19(26)6-4-5-13(2)25)20(22-3)17(11-23-18)21(27)24-14-7-8-14/h9-11,14H,4-8H2,1-3H3,(H,22,23)(H,24,27). The predicted octanol–water partition coefficient (Wildman–Crippen LogP) is 3.42. The second-order valence-corrected chi connectivity index (χ2v) is 7.21. The van der Waals surface area contributed by atoms with Crippen molar-refractivity contribution in [3.8, 4) is 0 Å². The maximum atomic E-state index is 12.6. The lowest BCUT2D eigenvalue weighted by Gasteiger charge is -2.14. The molecular formula is C21H25N3O3. The number of aryl methyl sites for hydroxylation is 1. The quantitative estimate of drug-likeness (QED) is 0.698. The summed E-state index contributed by atoms with van der Waals surface area (Å²) >= 11 is 0. The fraction of sp³-hybridized carbons (Fsp3) is 0.429. The van der Waals surface area contributed by atoms with Gasteiger partial charge in [-0.3, -0.25) is 14.6 Å². The van der Waals surface area contributed by atoms with Crippen LogP contribution in [0.15, 0.2) is 18.3 Å². The highest BCUT2D eigenvalue weighted by atomic mass is 16.2. The Morgan fingerprint density at radius 2 is 1.89 bits per heavy atom. The number of benzene rings is 1. The second kappa shape index (κ2) is 7.86. The Balaban J connectivity index is 1.96. The van der Waals surface area contributed by atoms with E-state index in [0.717, 1.165) is 29.3 Å². The van der Waals surface area contributed by atoms with Crippen molar-refractivity contribution in [3.63, 3.8) is 0 Å². The van der Waals surface area contributed by atoms with Crippen molar-refractivity contribution in [3.05, 3.63) is 35.0 Å². The molecule has 1 aromatic heterocycles. The number of carbonyl (C=O) groups is 3. The Labute approximate surface area is 158 Å². The molecule has 1 saturated carbocycles. The number of amides is 1. The lowest BCUT2D eigenvalue weighted by molar-refractivity contribution is -0.117. The first-order chi connectivity index (χ1) is 12.9. The lowest BCUT2D eigenvalue weighted by atomic mass is 9.96. The summed E-state index contributed by atoms with van der Waals surface area (Å²) in [5.74, 6) is -0.0530. The van der Waals surface area contributed by atoms with E-state index >= 15 is 0 Å². The third-order valence-corrected chi connectivity index (χ3v) is 4.85. The van der Waals surface area contributed by atoms with Gasteiger partial charge in [-0.1, -0.05) is 0 Å². The maximum Gasteiger partial charge on any atom is 0.255 e. The topological polar surface area (TPSA) is 88.2 Å². The second-order valence-electron chi connectivity index (χ2n) is 7.21. The molecule has 0 radical (unpaired) electrons. The van der Waals surface area contributed by atoms with Gasteiger partial charge in [-0.2, -0.15) is 0 Å². The number of rotatable bonds is 8. The minimum Gasteiger partial charge on any atom is -0.387 e. The molecule has 0 spiro atoms. The zero-order valence-corrected chi connectivity index (χ0v) is 16.0. The number of nitrogens with one attached hydrogen (secondary N) is 2. The van der Waals surface area contributed by atoms with Gasteiger partial charge >= 0.3 is 0 Å². The van der Waals surface area contributed by atoms with Crippen LogP contribution in [0.3, 0.4) is 0 Å². The van der Waals surface area contributed by atoms with Crippen molar-refractivity contribution in [2.45, 2.75) is 52.0 Å². The molecule has 0 unspecified atom stereocenters. The molecule has 1 aromatic carbocycles. The monoisotopic (exact) mass is 367 g/mol. The Kier molecular flexibility index (Phi) is 5.54. The molecule has 3 rings (SSSR count). The number of hydrogen-bond acceptors (Lipinski definition) is 5. The molecule has 0 aliphatic heterocycles. The molecule has 2 N–H and O–H groups in total. The summed E-state index contributed by atoms with van der Waals surface area (Å²) < 4.78 is 0. The number of fused-ring (bicyclic) bond motifs is 1. The zero-order valence-electron chi connectivity index (χ0n) is 16.0. The van der Waals surface area contributed by atoms with Gasteiger partial charge in [0.15, 0.2) is 5.78 Å². The average Bonchev–Trinajstić information content (AvgIpc) is 3.43. The molecule has 1 aliphatic rings. The van der Waals surface area contributed by atoms with Crippen LogP contribution in [0.1, 0.15) is 65.3 Å². The largest absolute Gasteiger partial charge is 0.387 e. The lowest BCUT2D eigenvalue weighted by Crippen LogP contribution is -2.26. The summed E-state index contributed by atoms with van der Waals surface area (Å²) in [7, 11) is 1.76. The molecule has 6 nitrogen and oxygen atoms in total. The molecular weight excluding hydrogens is 342 g/mol. The van der Waals surface area contributed by atoms with Gasteiger partial charge in [-0.15, -0.1) is 0 Å². The summed E-state index contributed by atoms with van der Waals surface area (Å²) in [6.07, 6.45) is 4.90. The molecule has 0 atom stereocenters. The Morgan fingerprint density at radius 3 is 2.52 bits per heavy atom. The van der Waals surface area contributed by atoms with Crippen LogP contribution in [0, 0.1) is 6.92 Å². The summed E-state index contributed by atoms with van der Waals surface area (Å²) in [5.41, 5.74) is 3.36. The van der Waals surface area contributed by atoms with Crippen LogP contribution >= 0.6 is 0 Å². The Morgan fingerprint density at radius 1 is 1.15 bits per heavy atom. The third kappa shape index (κ3) is 4.32. The van der Waals surface area contributed by atoms with E-state index in [1.54, 1.807) is 13.2 Å². The normalized spacial score (nSPS) is 13.4. The fourth-order valence-corrected chi connectivity index (χ4v) is 3.21. The van der Waals surface area contributed by atoms with Crippen LogP contribution in [0.5, 0.6) is 0 Å². The minimum absolute atomic E-state index is 0.00513. The van der Waals surface area contributed by atoms with Crippen molar-refractivity contribution in [1.82, 2.24) is 10.3 Å². The average molecular weight is 367 g/mol. The van der Waals surface area contributed by atoms with Crippen molar-refractivity contribution >= 4 is 34.1 Å². The van der Waals surface area contributed by atoms with Crippen molar-refractivity contribution < 1.29 is 14.4 Å². The van der Waals surface area contributed by atoms with Gasteiger partial charge in [0.2, 0.25) is 0 Å². The number of carbonyl (C=O) groups excluding carboxylic acids is 3. The molecule has 1 fully saturated rings. The van der Waals surface area contributed by atoms with Crippen LogP contribution < -0.4 is 10.6 Å². The number of anilines is 1. The molecule has 0 saturated heterocycles. The number of aromatic nitrogens is 1. The van der Waals surface area contributed by atoms with E-state index < -0.39 is 0 Å². The van der Waals surface area contributed by atoms with Gasteiger partial charge in [-0.05, 0) is 50.8 Å². The molecule has 27 heavy (non-hydrogen) atoms. The van der Waals surface area contributed by atoms with Gasteiger partial charge in [0.25, 0.3) is 5.91 Å². The zero-order chi connectivity index (χ0) is 19.6. The highest BCUT2D eigenvalue weighted by Gasteiger charge is 2.25. The van der Waals surface area contributed by atoms with E-state index in [1.165, 1.54) is 6.92 Å². The summed E-state index contributed by atoms with van der Waals surface area (Å²) in [4.78, 5) is 40.7. The summed E-state index contributed by atoms with van der Waals surface area (Å²) in [6, 6.07) is 3.94.